The Morgan fingerprint density at radius 3 is 2.76 bits per heavy atom. The van der Waals surface area contributed by atoms with Crippen molar-refractivity contribution in [2.75, 3.05) is 0 Å². The van der Waals surface area contributed by atoms with E-state index in [0.717, 1.165) is 32.9 Å². The minimum atomic E-state index is 0.966. The van der Waals surface area contributed by atoms with Crippen molar-refractivity contribution in [1.82, 2.24) is 9.97 Å². The molecule has 0 aliphatic carbocycles. The minimum absolute atomic E-state index is 0.966. The fraction of sp³-hybridized carbons (Fsp3) is 0.176. The highest BCUT2D eigenvalue weighted by atomic mass is 79.9. The summed E-state index contributed by atoms with van der Waals surface area (Å²) in [4.78, 5) is 10.6. The average molecular weight is 359 g/mol. The number of rotatable bonds is 3. The molecule has 2 nitrogen and oxygen atoms in total. The molecular formula is C17H15BrN2S. The highest BCUT2D eigenvalue weighted by Gasteiger charge is 2.14. The Balaban J connectivity index is 2.10. The quantitative estimate of drug-likeness (QED) is 0.617. The third-order valence-electron chi connectivity index (χ3n) is 3.37. The molecule has 0 spiro atoms. The van der Waals surface area contributed by atoms with Crippen LogP contribution in [0.1, 0.15) is 17.4 Å². The van der Waals surface area contributed by atoms with Gasteiger partial charge in [0, 0.05) is 21.1 Å². The van der Waals surface area contributed by atoms with Crippen LogP contribution in [-0.4, -0.2) is 9.97 Å². The lowest BCUT2D eigenvalue weighted by molar-refractivity contribution is 1.10. The number of hydrogen-bond acceptors (Lipinski definition) is 3. The summed E-state index contributed by atoms with van der Waals surface area (Å²) in [5.74, 6) is 0. The molecule has 0 saturated heterocycles. The molecular weight excluding hydrogens is 344 g/mol. The zero-order chi connectivity index (χ0) is 14.8. The molecule has 0 fully saturated rings. The van der Waals surface area contributed by atoms with Crippen molar-refractivity contribution in [3.8, 4) is 22.0 Å². The average Bonchev–Trinajstić information content (AvgIpc) is 2.89. The summed E-state index contributed by atoms with van der Waals surface area (Å²) in [5, 5.41) is 1.000. The lowest BCUT2D eigenvalue weighted by Gasteiger charge is -2.02. The van der Waals surface area contributed by atoms with Crippen LogP contribution in [-0.2, 0) is 6.42 Å². The van der Waals surface area contributed by atoms with Gasteiger partial charge < -0.3 is 0 Å². The summed E-state index contributed by atoms with van der Waals surface area (Å²) in [5.41, 5.74) is 4.43. The van der Waals surface area contributed by atoms with E-state index in [4.69, 9.17) is 4.98 Å². The maximum absolute atomic E-state index is 4.84. The van der Waals surface area contributed by atoms with Crippen molar-refractivity contribution in [2.24, 2.45) is 0 Å². The first kappa shape index (κ1) is 14.4. The molecule has 1 aromatic carbocycles. The Morgan fingerprint density at radius 2 is 2.00 bits per heavy atom. The second-order valence-corrected chi connectivity index (χ2v) is 6.92. The summed E-state index contributed by atoms with van der Waals surface area (Å²) in [6, 6.07) is 12.4. The molecule has 0 unspecified atom stereocenters. The summed E-state index contributed by atoms with van der Waals surface area (Å²) >= 11 is 5.23. The number of aromatic nitrogens is 2. The van der Waals surface area contributed by atoms with Gasteiger partial charge in [-0.3, -0.25) is 4.98 Å². The number of aryl methyl sites for hydroxylation is 2. The van der Waals surface area contributed by atoms with E-state index in [0.29, 0.717) is 0 Å². The van der Waals surface area contributed by atoms with Gasteiger partial charge in [0.2, 0.25) is 0 Å². The van der Waals surface area contributed by atoms with Gasteiger partial charge in [0.1, 0.15) is 10.7 Å². The van der Waals surface area contributed by atoms with Crippen LogP contribution in [0.15, 0.2) is 47.1 Å². The highest BCUT2D eigenvalue weighted by molar-refractivity contribution is 9.10. The van der Waals surface area contributed by atoms with Crippen LogP contribution in [0.4, 0.5) is 0 Å². The summed E-state index contributed by atoms with van der Waals surface area (Å²) in [6.45, 7) is 4.27. The van der Waals surface area contributed by atoms with Crippen molar-refractivity contribution in [3.63, 3.8) is 0 Å². The number of halogens is 1. The van der Waals surface area contributed by atoms with E-state index in [2.05, 4.69) is 53.0 Å². The summed E-state index contributed by atoms with van der Waals surface area (Å²) < 4.78 is 1.07. The maximum atomic E-state index is 4.84. The van der Waals surface area contributed by atoms with Crippen LogP contribution in [0, 0.1) is 6.92 Å². The molecule has 21 heavy (non-hydrogen) atoms. The summed E-state index contributed by atoms with van der Waals surface area (Å²) in [7, 11) is 0. The van der Waals surface area contributed by atoms with Crippen molar-refractivity contribution < 1.29 is 0 Å². The number of thiazole rings is 1. The minimum Gasteiger partial charge on any atom is -0.253 e. The van der Waals surface area contributed by atoms with Gasteiger partial charge >= 0.3 is 0 Å². The van der Waals surface area contributed by atoms with Gasteiger partial charge in [0.25, 0.3) is 0 Å². The van der Waals surface area contributed by atoms with Gasteiger partial charge in [-0.1, -0.05) is 41.1 Å². The number of benzene rings is 1. The van der Waals surface area contributed by atoms with Crippen molar-refractivity contribution in [2.45, 2.75) is 20.3 Å². The zero-order valence-electron chi connectivity index (χ0n) is 11.9. The second-order valence-electron chi connectivity index (χ2n) is 4.80. The third-order valence-corrected chi connectivity index (χ3v) is 4.84. The molecule has 0 N–H and O–H groups in total. The fourth-order valence-electron chi connectivity index (χ4n) is 2.32. The van der Waals surface area contributed by atoms with E-state index in [1.165, 1.54) is 10.4 Å². The molecule has 106 valence electrons. The van der Waals surface area contributed by atoms with Crippen molar-refractivity contribution >= 4 is 27.3 Å². The third kappa shape index (κ3) is 2.92. The van der Waals surface area contributed by atoms with Crippen LogP contribution < -0.4 is 0 Å². The molecule has 2 aromatic heterocycles. The normalized spacial score (nSPS) is 10.8. The lowest BCUT2D eigenvalue weighted by Crippen LogP contribution is -1.90. The van der Waals surface area contributed by atoms with E-state index in [-0.39, 0.29) is 0 Å². The van der Waals surface area contributed by atoms with Crippen LogP contribution in [0.2, 0.25) is 0 Å². The van der Waals surface area contributed by atoms with Crippen molar-refractivity contribution in [1.29, 1.82) is 0 Å². The standard InChI is InChI=1S/C17H15BrN2S/c1-3-12-7-5-9-19-16(12)17-20-15(11(2)21-17)13-6-4-8-14(18)10-13/h4-10H,3H2,1-2H3. The maximum Gasteiger partial charge on any atom is 0.143 e. The zero-order valence-corrected chi connectivity index (χ0v) is 14.3. The Labute approximate surface area is 137 Å². The molecule has 0 saturated carbocycles. The second kappa shape index (κ2) is 6.08. The number of pyridine rings is 1. The van der Waals surface area contributed by atoms with E-state index in [1.54, 1.807) is 11.3 Å². The molecule has 0 radical (unpaired) electrons. The predicted octanol–water partition coefficient (Wildman–Crippen LogP) is 5.51. The molecule has 0 amide bonds. The lowest BCUT2D eigenvalue weighted by atomic mass is 10.1. The van der Waals surface area contributed by atoms with Crippen LogP contribution >= 0.6 is 27.3 Å². The van der Waals surface area contributed by atoms with E-state index in [9.17, 15) is 0 Å². The van der Waals surface area contributed by atoms with E-state index < -0.39 is 0 Å². The fourth-order valence-corrected chi connectivity index (χ4v) is 3.68. The van der Waals surface area contributed by atoms with Crippen LogP contribution in [0.25, 0.3) is 22.0 Å². The number of nitrogens with zero attached hydrogens (tertiary/aromatic N) is 2. The first-order valence-corrected chi connectivity index (χ1v) is 8.47. The van der Waals surface area contributed by atoms with Crippen molar-refractivity contribution in [3.05, 3.63) is 57.5 Å². The molecule has 3 aromatic rings. The predicted molar refractivity (Wildman–Crippen MR) is 92.6 cm³/mol. The number of hydrogen-bond donors (Lipinski definition) is 0. The smallest absolute Gasteiger partial charge is 0.143 e. The van der Waals surface area contributed by atoms with Gasteiger partial charge in [-0.25, -0.2) is 4.98 Å². The van der Waals surface area contributed by atoms with Crippen LogP contribution in [0.5, 0.6) is 0 Å². The Kier molecular flexibility index (Phi) is 4.17. The highest BCUT2D eigenvalue weighted by Crippen LogP contribution is 2.34. The molecule has 2 heterocycles. The molecule has 0 atom stereocenters. The van der Waals surface area contributed by atoms with Gasteiger partial charge in [-0.05, 0) is 37.1 Å². The Bertz CT molecular complexity index is 780. The largest absolute Gasteiger partial charge is 0.253 e. The van der Waals surface area contributed by atoms with E-state index in [1.807, 2.05) is 24.4 Å². The van der Waals surface area contributed by atoms with Gasteiger partial charge in [0.15, 0.2) is 0 Å². The topological polar surface area (TPSA) is 25.8 Å². The Morgan fingerprint density at radius 1 is 1.14 bits per heavy atom. The molecule has 4 heteroatoms. The Hall–Kier alpha value is -1.52. The van der Waals surface area contributed by atoms with Gasteiger partial charge in [-0.2, -0.15) is 0 Å². The monoisotopic (exact) mass is 358 g/mol. The first-order chi connectivity index (χ1) is 10.2. The summed E-state index contributed by atoms with van der Waals surface area (Å²) in [6.07, 6.45) is 2.80. The SMILES string of the molecule is CCc1cccnc1-c1nc(-c2cccc(Br)c2)c(C)s1. The molecule has 0 aliphatic heterocycles. The molecule has 0 aliphatic rings. The molecule has 3 rings (SSSR count). The van der Waals surface area contributed by atoms with E-state index >= 15 is 0 Å². The first-order valence-electron chi connectivity index (χ1n) is 6.86. The van der Waals surface area contributed by atoms with Gasteiger partial charge in [-0.15, -0.1) is 11.3 Å². The van der Waals surface area contributed by atoms with Gasteiger partial charge in [0.05, 0.1) is 5.69 Å². The molecule has 0 bridgehead atoms. The van der Waals surface area contributed by atoms with Crippen LogP contribution in [0.3, 0.4) is 0 Å².